The van der Waals surface area contributed by atoms with Crippen LogP contribution in [0.15, 0.2) is 6.07 Å². The molecule has 2 rings (SSSR count). The lowest BCUT2D eigenvalue weighted by molar-refractivity contribution is 0.247. The molecule has 0 amide bonds. The molecule has 1 aliphatic rings. The van der Waals surface area contributed by atoms with E-state index in [-0.39, 0.29) is 0 Å². The van der Waals surface area contributed by atoms with Crippen LogP contribution in [0.1, 0.15) is 18.5 Å². The third-order valence-electron chi connectivity index (χ3n) is 3.32. The third-order valence-corrected chi connectivity index (χ3v) is 3.49. The number of halogens is 1. The minimum Gasteiger partial charge on any atom is -0.355 e. The van der Waals surface area contributed by atoms with Crippen molar-refractivity contribution < 1.29 is 0 Å². The SMILES string of the molecule is Cc1cc(N(C)C2CCCN(C)C2)nc(Cl)n1. The van der Waals surface area contributed by atoms with Crippen LogP contribution >= 0.6 is 11.6 Å². The summed E-state index contributed by atoms with van der Waals surface area (Å²) in [4.78, 5) is 13.0. The normalized spacial score (nSPS) is 21.5. The van der Waals surface area contributed by atoms with E-state index in [0.29, 0.717) is 11.3 Å². The maximum Gasteiger partial charge on any atom is 0.224 e. The fourth-order valence-electron chi connectivity index (χ4n) is 2.34. The van der Waals surface area contributed by atoms with Crippen LogP contribution in [0.25, 0.3) is 0 Å². The van der Waals surface area contributed by atoms with Gasteiger partial charge in [-0.05, 0) is 45.0 Å². The Morgan fingerprint density at radius 1 is 1.47 bits per heavy atom. The molecule has 1 aromatic heterocycles. The molecule has 5 heteroatoms. The molecule has 0 aromatic carbocycles. The molecule has 0 bridgehead atoms. The molecule has 1 aliphatic heterocycles. The monoisotopic (exact) mass is 254 g/mol. The number of aryl methyl sites for hydroxylation is 1. The first kappa shape index (κ1) is 12.6. The summed E-state index contributed by atoms with van der Waals surface area (Å²) in [7, 11) is 4.25. The number of likely N-dealkylation sites (tertiary alicyclic amines) is 1. The second-order valence-corrected chi connectivity index (χ2v) is 5.14. The highest BCUT2D eigenvalue weighted by atomic mass is 35.5. The van der Waals surface area contributed by atoms with E-state index >= 15 is 0 Å². The Kier molecular flexibility index (Phi) is 3.84. The summed E-state index contributed by atoms with van der Waals surface area (Å²) in [6.45, 7) is 4.21. The van der Waals surface area contributed by atoms with Gasteiger partial charge in [0, 0.05) is 31.4 Å². The minimum atomic E-state index is 0.330. The van der Waals surface area contributed by atoms with Crippen LogP contribution in [0.5, 0.6) is 0 Å². The number of piperidine rings is 1. The minimum absolute atomic E-state index is 0.330. The van der Waals surface area contributed by atoms with Gasteiger partial charge in [-0.15, -0.1) is 0 Å². The molecule has 1 fully saturated rings. The number of rotatable bonds is 2. The smallest absolute Gasteiger partial charge is 0.224 e. The van der Waals surface area contributed by atoms with E-state index in [1.807, 2.05) is 13.0 Å². The molecule has 2 heterocycles. The van der Waals surface area contributed by atoms with Crippen LogP contribution < -0.4 is 4.90 Å². The molecule has 1 atom stereocenters. The van der Waals surface area contributed by atoms with Crippen LogP contribution in [-0.2, 0) is 0 Å². The van der Waals surface area contributed by atoms with Gasteiger partial charge < -0.3 is 9.80 Å². The zero-order chi connectivity index (χ0) is 12.4. The maximum absolute atomic E-state index is 5.90. The van der Waals surface area contributed by atoms with Crippen molar-refractivity contribution in [1.82, 2.24) is 14.9 Å². The van der Waals surface area contributed by atoms with Crippen LogP contribution in [0.4, 0.5) is 5.82 Å². The number of nitrogens with zero attached hydrogens (tertiary/aromatic N) is 4. The second-order valence-electron chi connectivity index (χ2n) is 4.81. The Balaban J connectivity index is 2.15. The van der Waals surface area contributed by atoms with Gasteiger partial charge in [0.1, 0.15) is 5.82 Å². The molecule has 0 aliphatic carbocycles. The van der Waals surface area contributed by atoms with Crippen molar-refractivity contribution in [3.8, 4) is 0 Å². The number of likely N-dealkylation sites (N-methyl/N-ethyl adjacent to an activating group) is 2. The quantitative estimate of drug-likeness (QED) is 0.756. The van der Waals surface area contributed by atoms with Crippen molar-refractivity contribution in [2.75, 3.05) is 32.1 Å². The predicted molar refractivity (Wildman–Crippen MR) is 70.7 cm³/mol. The summed E-state index contributed by atoms with van der Waals surface area (Å²) in [5, 5.41) is 0.330. The molecule has 1 aromatic rings. The van der Waals surface area contributed by atoms with Crippen LogP contribution in [-0.4, -0.2) is 48.1 Å². The lowest BCUT2D eigenvalue weighted by atomic mass is 10.1. The van der Waals surface area contributed by atoms with E-state index in [1.54, 1.807) is 0 Å². The summed E-state index contributed by atoms with van der Waals surface area (Å²) in [6.07, 6.45) is 2.45. The Morgan fingerprint density at radius 2 is 2.24 bits per heavy atom. The molecule has 0 radical (unpaired) electrons. The highest BCUT2D eigenvalue weighted by Gasteiger charge is 2.22. The van der Waals surface area contributed by atoms with E-state index in [1.165, 1.54) is 19.4 Å². The van der Waals surface area contributed by atoms with Gasteiger partial charge in [0.15, 0.2) is 0 Å². The van der Waals surface area contributed by atoms with Crippen molar-refractivity contribution in [2.24, 2.45) is 0 Å². The summed E-state index contributed by atoms with van der Waals surface area (Å²) >= 11 is 5.90. The Morgan fingerprint density at radius 3 is 2.88 bits per heavy atom. The standard InChI is InChI=1S/C12H19ClN4/c1-9-7-11(15-12(13)14-9)17(3)10-5-4-6-16(2)8-10/h7,10H,4-6,8H2,1-3H3. The van der Waals surface area contributed by atoms with Gasteiger partial charge in [0.05, 0.1) is 0 Å². The van der Waals surface area contributed by atoms with Gasteiger partial charge in [0.2, 0.25) is 5.28 Å². The number of hydrogen-bond donors (Lipinski definition) is 0. The Hall–Kier alpha value is -0.870. The van der Waals surface area contributed by atoms with Crippen molar-refractivity contribution in [3.63, 3.8) is 0 Å². The molecule has 94 valence electrons. The lowest BCUT2D eigenvalue weighted by Crippen LogP contribution is -2.45. The topological polar surface area (TPSA) is 32.3 Å². The molecular formula is C12H19ClN4. The van der Waals surface area contributed by atoms with E-state index in [0.717, 1.165) is 18.1 Å². The first-order chi connectivity index (χ1) is 8.06. The fourth-order valence-corrected chi connectivity index (χ4v) is 2.56. The predicted octanol–water partition coefficient (Wildman–Crippen LogP) is 1.97. The van der Waals surface area contributed by atoms with Gasteiger partial charge in [-0.3, -0.25) is 0 Å². The molecule has 1 saturated heterocycles. The fraction of sp³-hybridized carbons (Fsp3) is 0.667. The van der Waals surface area contributed by atoms with E-state index in [2.05, 4.69) is 33.9 Å². The van der Waals surface area contributed by atoms with Crippen molar-refractivity contribution in [1.29, 1.82) is 0 Å². The average molecular weight is 255 g/mol. The summed E-state index contributed by atoms with van der Waals surface area (Å²) in [5.74, 6) is 0.919. The number of anilines is 1. The zero-order valence-electron chi connectivity index (χ0n) is 10.6. The van der Waals surface area contributed by atoms with Gasteiger partial charge in [-0.1, -0.05) is 0 Å². The third kappa shape index (κ3) is 3.07. The molecule has 17 heavy (non-hydrogen) atoms. The van der Waals surface area contributed by atoms with Gasteiger partial charge in [0.25, 0.3) is 0 Å². The van der Waals surface area contributed by atoms with Gasteiger partial charge in [-0.25, -0.2) is 9.97 Å². The average Bonchev–Trinajstić information content (AvgIpc) is 2.26. The number of aromatic nitrogens is 2. The molecule has 0 spiro atoms. The molecule has 4 nitrogen and oxygen atoms in total. The molecule has 1 unspecified atom stereocenters. The first-order valence-corrected chi connectivity index (χ1v) is 6.36. The molecule has 0 N–H and O–H groups in total. The van der Waals surface area contributed by atoms with Crippen LogP contribution in [0.2, 0.25) is 5.28 Å². The summed E-state index contributed by atoms with van der Waals surface area (Å²) < 4.78 is 0. The summed E-state index contributed by atoms with van der Waals surface area (Å²) in [5.41, 5.74) is 0.913. The first-order valence-electron chi connectivity index (χ1n) is 5.99. The van der Waals surface area contributed by atoms with Crippen molar-refractivity contribution in [3.05, 3.63) is 17.0 Å². The Bertz CT molecular complexity index is 376. The Labute approximate surface area is 108 Å². The number of hydrogen-bond acceptors (Lipinski definition) is 4. The largest absolute Gasteiger partial charge is 0.355 e. The van der Waals surface area contributed by atoms with Gasteiger partial charge in [-0.2, -0.15) is 0 Å². The summed E-state index contributed by atoms with van der Waals surface area (Å²) in [6, 6.07) is 2.50. The highest BCUT2D eigenvalue weighted by Crippen LogP contribution is 2.20. The molecular weight excluding hydrogens is 236 g/mol. The van der Waals surface area contributed by atoms with Crippen molar-refractivity contribution >= 4 is 17.4 Å². The van der Waals surface area contributed by atoms with E-state index < -0.39 is 0 Å². The molecule has 0 saturated carbocycles. The lowest BCUT2D eigenvalue weighted by Gasteiger charge is -2.36. The highest BCUT2D eigenvalue weighted by molar-refractivity contribution is 6.28. The van der Waals surface area contributed by atoms with E-state index in [9.17, 15) is 0 Å². The van der Waals surface area contributed by atoms with E-state index in [4.69, 9.17) is 11.6 Å². The van der Waals surface area contributed by atoms with Crippen molar-refractivity contribution in [2.45, 2.75) is 25.8 Å². The van der Waals surface area contributed by atoms with Crippen LogP contribution in [0, 0.1) is 6.92 Å². The zero-order valence-corrected chi connectivity index (χ0v) is 11.4. The van der Waals surface area contributed by atoms with Gasteiger partial charge >= 0.3 is 0 Å². The second kappa shape index (κ2) is 5.19. The maximum atomic E-state index is 5.90. The van der Waals surface area contributed by atoms with Crippen LogP contribution in [0.3, 0.4) is 0 Å².